The highest BCUT2D eigenvalue weighted by Gasteiger charge is 2.24. The second-order valence-corrected chi connectivity index (χ2v) is 7.76. The molecule has 2 saturated heterocycles. The molecular formula is C21H18Cl2N2O4. The second kappa shape index (κ2) is 7.88. The number of halogens is 2. The summed E-state index contributed by atoms with van der Waals surface area (Å²) in [6.45, 7) is 2.53. The topological polar surface area (TPSA) is 61.3 Å². The molecule has 0 saturated carbocycles. The van der Waals surface area contributed by atoms with E-state index in [9.17, 15) is 0 Å². The van der Waals surface area contributed by atoms with Gasteiger partial charge in [0.1, 0.15) is 31.2 Å². The lowest BCUT2D eigenvalue weighted by atomic mass is 10.1. The largest absolute Gasteiger partial charge is 0.491 e. The van der Waals surface area contributed by atoms with E-state index in [1.165, 1.54) is 0 Å². The fourth-order valence-corrected chi connectivity index (χ4v) is 3.45. The smallest absolute Gasteiger partial charge is 0.156 e. The van der Waals surface area contributed by atoms with Gasteiger partial charge in [-0.1, -0.05) is 23.2 Å². The van der Waals surface area contributed by atoms with Crippen LogP contribution in [0.1, 0.15) is 0 Å². The van der Waals surface area contributed by atoms with Gasteiger partial charge in [-0.2, -0.15) is 5.10 Å². The Hall–Kier alpha value is -2.25. The number of epoxide rings is 2. The minimum Gasteiger partial charge on any atom is -0.491 e. The fourth-order valence-electron chi connectivity index (χ4n) is 2.86. The van der Waals surface area contributed by atoms with E-state index in [1.54, 1.807) is 16.8 Å². The number of nitrogens with zero attached hydrogens (tertiary/aromatic N) is 2. The zero-order valence-electron chi connectivity index (χ0n) is 15.4. The predicted octanol–water partition coefficient (Wildman–Crippen LogP) is 4.40. The van der Waals surface area contributed by atoms with Gasteiger partial charge in [0.25, 0.3) is 0 Å². The summed E-state index contributed by atoms with van der Waals surface area (Å²) in [7, 11) is 0. The summed E-state index contributed by atoms with van der Waals surface area (Å²) in [5.74, 6) is 1.28. The minimum atomic E-state index is 0.135. The molecule has 0 bridgehead atoms. The molecule has 0 radical (unpaired) electrons. The molecule has 8 heteroatoms. The third-order valence-corrected chi connectivity index (χ3v) is 5.20. The normalized spacial score (nSPS) is 19.8. The van der Waals surface area contributed by atoms with Crippen molar-refractivity contribution in [1.29, 1.82) is 0 Å². The van der Waals surface area contributed by atoms with Crippen LogP contribution in [-0.4, -0.2) is 48.4 Å². The maximum absolute atomic E-state index is 6.38. The van der Waals surface area contributed by atoms with Crippen LogP contribution in [0, 0.1) is 0 Å². The molecular weight excluding hydrogens is 415 g/mol. The highest BCUT2D eigenvalue weighted by Crippen LogP contribution is 2.37. The van der Waals surface area contributed by atoms with Crippen LogP contribution < -0.4 is 9.47 Å². The average Bonchev–Trinajstić information content (AvgIpc) is 3.65. The Labute approximate surface area is 177 Å². The van der Waals surface area contributed by atoms with E-state index in [0.29, 0.717) is 35.6 Å². The first kappa shape index (κ1) is 18.8. The van der Waals surface area contributed by atoms with Crippen LogP contribution in [0.4, 0.5) is 0 Å². The molecule has 1 aromatic heterocycles. The Bertz CT molecular complexity index is 991. The summed E-state index contributed by atoms with van der Waals surface area (Å²) in [5.41, 5.74) is 2.50. The summed E-state index contributed by atoms with van der Waals surface area (Å²) in [5, 5.41) is 5.53. The van der Waals surface area contributed by atoms with Gasteiger partial charge < -0.3 is 18.9 Å². The zero-order chi connectivity index (χ0) is 19.8. The average molecular weight is 433 g/mol. The minimum absolute atomic E-state index is 0.135. The summed E-state index contributed by atoms with van der Waals surface area (Å²) in [6.07, 6.45) is 2.26. The van der Waals surface area contributed by atoms with Gasteiger partial charge in [-0.3, -0.25) is 0 Å². The summed E-state index contributed by atoms with van der Waals surface area (Å²) < 4.78 is 23.4. The first-order valence-electron chi connectivity index (χ1n) is 9.30. The second-order valence-electron chi connectivity index (χ2n) is 6.94. The maximum atomic E-state index is 6.38. The van der Waals surface area contributed by atoms with Gasteiger partial charge in [-0.25, -0.2) is 4.68 Å². The van der Waals surface area contributed by atoms with Crippen LogP contribution in [0.15, 0.2) is 48.7 Å². The molecule has 3 heterocycles. The Morgan fingerprint density at radius 1 is 0.931 bits per heavy atom. The molecule has 2 aliphatic rings. The number of aromatic nitrogens is 2. The number of ether oxygens (including phenoxy) is 4. The van der Waals surface area contributed by atoms with Gasteiger partial charge in [0.2, 0.25) is 0 Å². The van der Waals surface area contributed by atoms with Crippen molar-refractivity contribution in [1.82, 2.24) is 9.78 Å². The molecule has 2 aliphatic heterocycles. The lowest BCUT2D eigenvalue weighted by molar-refractivity contribution is 0.263. The van der Waals surface area contributed by atoms with Crippen LogP contribution in [-0.2, 0) is 9.47 Å². The Morgan fingerprint density at radius 3 is 2.17 bits per heavy atom. The fraction of sp³-hybridized carbons (Fsp3) is 0.286. The van der Waals surface area contributed by atoms with Crippen molar-refractivity contribution in [3.63, 3.8) is 0 Å². The van der Waals surface area contributed by atoms with Gasteiger partial charge in [-0.05, 0) is 42.5 Å². The lowest BCUT2D eigenvalue weighted by Crippen LogP contribution is -2.05. The van der Waals surface area contributed by atoms with Crippen LogP contribution >= 0.6 is 23.2 Å². The predicted molar refractivity (Wildman–Crippen MR) is 109 cm³/mol. The first-order chi connectivity index (χ1) is 14.2. The molecule has 5 rings (SSSR count). The van der Waals surface area contributed by atoms with E-state index in [4.69, 9.17) is 42.1 Å². The Balaban J connectivity index is 1.31. The van der Waals surface area contributed by atoms with Crippen molar-refractivity contribution < 1.29 is 18.9 Å². The first-order valence-corrected chi connectivity index (χ1v) is 10.1. The summed E-state index contributed by atoms with van der Waals surface area (Å²) in [4.78, 5) is 0. The molecule has 3 aromatic rings. The molecule has 2 fully saturated rings. The molecule has 2 unspecified atom stereocenters. The van der Waals surface area contributed by atoms with E-state index in [1.807, 2.05) is 36.5 Å². The van der Waals surface area contributed by atoms with Gasteiger partial charge >= 0.3 is 0 Å². The Kier molecular flexibility index (Phi) is 5.09. The van der Waals surface area contributed by atoms with Crippen molar-refractivity contribution in [2.24, 2.45) is 0 Å². The molecule has 0 aliphatic carbocycles. The quantitative estimate of drug-likeness (QED) is 0.493. The van der Waals surface area contributed by atoms with Gasteiger partial charge in [0, 0.05) is 11.8 Å². The third kappa shape index (κ3) is 4.51. The van der Waals surface area contributed by atoms with Crippen molar-refractivity contribution in [3.8, 4) is 28.4 Å². The van der Waals surface area contributed by atoms with Crippen LogP contribution in [0.2, 0.25) is 10.0 Å². The van der Waals surface area contributed by atoms with E-state index < -0.39 is 0 Å². The van der Waals surface area contributed by atoms with Crippen molar-refractivity contribution in [3.05, 3.63) is 58.7 Å². The molecule has 0 amide bonds. The monoisotopic (exact) mass is 432 g/mol. The van der Waals surface area contributed by atoms with Crippen molar-refractivity contribution in [2.45, 2.75) is 12.2 Å². The van der Waals surface area contributed by atoms with Crippen molar-refractivity contribution in [2.75, 3.05) is 26.4 Å². The van der Waals surface area contributed by atoms with Crippen LogP contribution in [0.25, 0.3) is 16.9 Å². The highest BCUT2D eigenvalue weighted by atomic mass is 35.5. The number of hydrogen-bond donors (Lipinski definition) is 0. The maximum Gasteiger partial charge on any atom is 0.156 e. The summed E-state index contributed by atoms with van der Waals surface area (Å²) >= 11 is 12.8. The molecule has 0 spiro atoms. The SMILES string of the molecule is Clc1cc(-c2ccn(-c3ccc(OCC4CO4)cc3)n2)cc(Cl)c1OCC1CO1. The zero-order valence-corrected chi connectivity index (χ0v) is 16.9. The molecule has 150 valence electrons. The van der Waals surface area contributed by atoms with Gasteiger partial charge in [-0.15, -0.1) is 0 Å². The molecule has 2 atom stereocenters. The number of benzene rings is 2. The van der Waals surface area contributed by atoms with E-state index >= 15 is 0 Å². The van der Waals surface area contributed by atoms with Gasteiger partial charge in [0.15, 0.2) is 5.75 Å². The van der Waals surface area contributed by atoms with Gasteiger partial charge in [0.05, 0.1) is 34.6 Å². The van der Waals surface area contributed by atoms with E-state index in [-0.39, 0.29) is 12.2 Å². The molecule has 0 N–H and O–H groups in total. The van der Waals surface area contributed by atoms with E-state index in [0.717, 1.165) is 29.3 Å². The number of hydrogen-bond acceptors (Lipinski definition) is 5. The third-order valence-electron chi connectivity index (χ3n) is 4.64. The molecule has 6 nitrogen and oxygen atoms in total. The Morgan fingerprint density at radius 2 is 1.55 bits per heavy atom. The molecule has 2 aromatic carbocycles. The van der Waals surface area contributed by atoms with Crippen LogP contribution in [0.3, 0.4) is 0 Å². The summed E-state index contributed by atoms with van der Waals surface area (Å²) in [6, 6.07) is 13.3. The highest BCUT2D eigenvalue weighted by molar-refractivity contribution is 6.37. The number of rotatable bonds is 8. The van der Waals surface area contributed by atoms with Crippen molar-refractivity contribution >= 4 is 23.2 Å². The molecule has 29 heavy (non-hydrogen) atoms. The standard InChI is InChI=1S/C21H18Cl2N2O4/c22-18-7-13(8-19(23)21(18)29-12-17-11-28-17)20-5-6-25(24-20)14-1-3-15(4-2-14)26-9-16-10-27-16/h1-8,16-17H,9-12H2. The lowest BCUT2D eigenvalue weighted by Gasteiger charge is -2.10. The van der Waals surface area contributed by atoms with E-state index in [2.05, 4.69) is 5.10 Å². The van der Waals surface area contributed by atoms with Crippen LogP contribution in [0.5, 0.6) is 11.5 Å².